The second-order valence-electron chi connectivity index (χ2n) is 6.75. The number of hydrogen-bond acceptors (Lipinski definition) is 6. The van der Waals surface area contributed by atoms with Crippen LogP contribution in [0.15, 0.2) is 48.5 Å². The predicted molar refractivity (Wildman–Crippen MR) is 123 cm³/mol. The minimum atomic E-state index is 0.819. The molecule has 0 saturated heterocycles. The maximum atomic E-state index is 4.79. The van der Waals surface area contributed by atoms with Crippen molar-refractivity contribution in [3.8, 4) is 0 Å². The number of fused-ring (bicyclic) bond motifs is 2. The Morgan fingerprint density at radius 1 is 0.750 bits per heavy atom. The lowest BCUT2D eigenvalue weighted by Gasteiger charge is -2.18. The highest BCUT2D eigenvalue weighted by Gasteiger charge is 2.17. The van der Waals surface area contributed by atoms with Gasteiger partial charge in [-0.2, -0.15) is 0 Å². The van der Waals surface area contributed by atoms with Crippen molar-refractivity contribution < 1.29 is 0 Å². The van der Waals surface area contributed by atoms with Crippen molar-refractivity contribution in [3.63, 3.8) is 0 Å². The molecule has 0 atom stereocenters. The van der Waals surface area contributed by atoms with E-state index in [0.717, 1.165) is 58.6 Å². The van der Waals surface area contributed by atoms with Gasteiger partial charge in [0.2, 0.25) is 11.9 Å². The molecule has 2 N–H and O–H groups in total. The molecule has 0 amide bonds. The quantitative estimate of drug-likeness (QED) is 0.311. The monoisotopic (exact) mass is 412 g/mol. The summed E-state index contributed by atoms with van der Waals surface area (Å²) in [7, 11) is 8.02. The molecule has 8 heteroatoms. The molecule has 146 valence electrons. The summed E-state index contributed by atoms with van der Waals surface area (Å²) in [5, 5.41) is 0. The van der Waals surface area contributed by atoms with Crippen molar-refractivity contribution in [1.29, 1.82) is 0 Å². The van der Waals surface area contributed by atoms with Crippen LogP contribution in [-0.2, 0) is 0 Å². The summed E-state index contributed by atoms with van der Waals surface area (Å²) in [6.07, 6.45) is 0. The molecular weight excluding hydrogens is 388 g/mol. The smallest absolute Gasteiger partial charge is 0.210 e. The van der Waals surface area contributed by atoms with Gasteiger partial charge in [-0.15, -0.1) is 0 Å². The lowest BCUT2D eigenvalue weighted by Crippen LogP contribution is -2.22. The first-order valence-electron chi connectivity index (χ1n) is 9.27. The first-order valence-corrected chi connectivity index (χ1v) is 11.8. The first kappa shape index (κ1) is 19.2. The second kappa shape index (κ2) is 8.89. The summed E-state index contributed by atoms with van der Waals surface area (Å²) in [6, 6.07) is 16.2. The Hall–Kier alpha value is -2.16. The van der Waals surface area contributed by atoms with E-state index in [0.29, 0.717) is 0 Å². The number of nitrogens with zero attached hydrogens (tertiary/aromatic N) is 4. The van der Waals surface area contributed by atoms with E-state index in [-0.39, 0.29) is 0 Å². The Bertz CT molecular complexity index is 901. The minimum Gasteiger partial charge on any atom is -0.324 e. The fourth-order valence-electron chi connectivity index (χ4n) is 2.91. The molecular formula is C20H24N6S2. The van der Waals surface area contributed by atoms with E-state index in [9.17, 15) is 0 Å². The van der Waals surface area contributed by atoms with Gasteiger partial charge in [0.1, 0.15) is 0 Å². The van der Waals surface area contributed by atoms with Crippen molar-refractivity contribution in [2.75, 3.05) is 43.6 Å². The van der Waals surface area contributed by atoms with Crippen LogP contribution in [0.2, 0.25) is 0 Å². The molecule has 6 nitrogen and oxygen atoms in total. The van der Waals surface area contributed by atoms with Crippen LogP contribution in [-0.4, -0.2) is 63.5 Å². The molecule has 0 aliphatic rings. The molecule has 0 unspecified atom stereocenters. The Morgan fingerprint density at radius 2 is 1.25 bits per heavy atom. The maximum absolute atomic E-state index is 4.79. The molecule has 0 bridgehead atoms. The number of para-hydroxylation sites is 4. The van der Waals surface area contributed by atoms with Crippen LogP contribution in [0.5, 0.6) is 0 Å². The number of H-pyrrole nitrogens is 2. The molecule has 0 fully saturated rings. The third kappa shape index (κ3) is 4.45. The van der Waals surface area contributed by atoms with E-state index in [4.69, 9.17) is 9.97 Å². The van der Waals surface area contributed by atoms with E-state index in [2.05, 4.69) is 46.0 Å². The molecule has 0 saturated carbocycles. The third-order valence-corrected chi connectivity index (χ3v) is 6.73. The minimum absolute atomic E-state index is 0.819. The van der Waals surface area contributed by atoms with Crippen molar-refractivity contribution >= 4 is 55.6 Å². The highest BCUT2D eigenvalue weighted by atomic mass is 33.1. The van der Waals surface area contributed by atoms with Crippen LogP contribution >= 0.6 is 21.6 Å². The predicted octanol–water partition coefficient (Wildman–Crippen LogP) is 4.52. The third-order valence-electron chi connectivity index (χ3n) is 4.37. The number of hydrogen-bond donors (Lipinski definition) is 2. The highest BCUT2D eigenvalue weighted by Crippen LogP contribution is 2.27. The second-order valence-corrected chi connectivity index (χ2v) is 9.46. The Morgan fingerprint density at radius 3 is 1.75 bits per heavy atom. The van der Waals surface area contributed by atoms with Crippen molar-refractivity contribution in [2.45, 2.75) is 0 Å². The van der Waals surface area contributed by atoms with E-state index < -0.39 is 0 Å². The van der Waals surface area contributed by atoms with Gasteiger partial charge in [-0.25, -0.2) is 9.97 Å². The maximum Gasteiger partial charge on any atom is 0.210 e. The molecule has 0 spiro atoms. The van der Waals surface area contributed by atoms with Crippen molar-refractivity contribution in [3.05, 3.63) is 48.5 Å². The van der Waals surface area contributed by atoms with Gasteiger partial charge in [-0.05, 0) is 38.4 Å². The number of benzene rings is 2. The van der Waals surface area contributed by atoms with Gasteiger partial charge in [-0.1, -0.05) is 45.9 Å². The lowest BCUT2D eigenvalue weighted by molar-refractivity contribution is 0.438. The Balaban J connectivity index is 1.54. The number of anilines is 2. The summed E-state index contributed by atoms with van der Waals surface area (Å²) in [4.78, 5) is 20.8. The zero-order valence-corrected chi connectivity index (χ0v) is 17.7. The largest absolute Gasteiger partial charge is 0.324 e. The molecule has 2 aromatic carbocycles. The van der Waals surface area contributed by atoms with Crippen molar-refractivity contribution in [1.82, 2.24) is 24.8 Å². The summed E-state index contributed by atoms with van der Waals surface area (Å²) in [5.41, 5.74) is 4.00. The average molecular weight is 413 g/mol. The zero-order chi connectivity index (χ0) is 19.3. The molecule has 0 radical (unpaired) electrons. The molecule has 2 aromatic heterocycles. The summed E-state index contributed by atoms with van der Waals surface area (Å²) >= 11 is 0. The van der Waals surface area contributed by atoms with Crippen LogP contribution in [0.1, 0.15) is 0 Å². The van der Waals surface area contributed by atoms with E-state index >= 15 is 0 Å². The molecule has 2 heterocycles. The number of aromatic nitrogens is 4. The molecule has 4 rings (SSSR count). The van der Waals surface area contributed by atoms with Crippen LogP contribution in [0.25, 0.3) is 22.1 Å². The Labute approximate surface area is 172 Å². The van der Waals surface area contributed by atoms with Gasteiger partial charge in [0.25, 0.3) is 0 Å². The normalized spacial score (nSPS) is 11.7. The highest BCUT2D eigenvalue weighted by molar-refractivity contribution is 8.76. The molecule has 28 heavy (non-hydrogen) atoms. The number of imidazole rings is 2. The molecule has 0 aliphatic carbocycles. The van der Waals surface area contributed by atoms with E-state index in [1.54, 1.807) is 0 Å². The van der Waals surface area contributed by atoms with Gasteiger partial charge in [-0.3, -0.25) is 4.90 Å². The van der Waals surface area contributed by atoms with Crippen LogP contribution < -0.4 is 4.90 Å². The number of rotatable bonds is 9. The Kier molecular flexibility index (Phi) is 6.09. The van der Waals surface area contributed by atoms with Crippen LogP contribution in [0.3, 0.4) is 0 Å². The fraction of sp³-hybridized carbons (Fsp3) is 0.300. The fourth-order valence-corrected chi connectivity index (χ4v) is 5.00. The summed E-state index contributed by atoms with van der Waals surface area (Å²) in [5.74, 6) is 3.73. The van der Waals surface area contributed by atoms with Crippen molar-refractivity contribution in [2.24, 2.45) is 0 Å². The van der Waals surface area contributed by atoms with Gasteiger partial charge in [0.15, 0.2) is 0 Å². The lowest BCUT2D eigenvalue weighted by atomic mass is 10.3. The summed E-state index contributed by atoms with van der Waals surface area (Å²) < 4.78 is 0. The molecule has 4 aromatic rings. The molecule has 0 aliphatic heterocycles. The topological polar surface area (TPSA) is 63.8 Å². The first-order chi connectivity index (χ1) is 13.7. The van der Waals surface area contributed by atoms with Gasteiger partial charge in [0.05, 0.1) is 22.1 Å². The van der Waals surface area contributed by atoms with Crippen LogP contribution in [0.4, 0.5) is 11.9 Å². The van der Waals surface area contributed by atoms with Crippen LogP contribution in [0, 0.1) is 0 Å². The zero-order valence-electron chi connectivity index (χ0n) is 16.1. The average Bonchev–Trinajstić information content (AvgIpc) is 3.30. The van der Waals surface area contributed by atoms with Gasteiger partial charge in [0, 0.05) is 24.6 Å². The number of nitrogens with one attached hydrogen (secondary N) is 2. The van der Waals surface area contributed by atoms with Gasteiger partial charge < -0.3 is 14.9 Å². The SMILES string of the molecule is CN(C)CCSSCCN(c1nc2ccccc2[nH]1)c1nc2ccccc2[nH]1. The summed E-state index contributed by atoms with van der Waals surface area (Å²) in [6.45, 7) is 1.91. The number of aromatic amines is 2. The van der Waals surface area contributed by atoms with E-state index in [1.807, 2.05) is 58.0 Å². The standard InChI is InChI=1S/C20H24N6S2/c1-25(2)11-13-27-28-14-12-26(19-21-15-7-3-4-8-16(15)22-19)20-23-17-9-5-6-10-18(17)24-20/h3-10H,11-14H2,1-2H3,(H,21,22)(H,23,24). The van der Waals surface area contributed by atoms with Gasteiger partial charge >= 0.3 is 0 Å². The van der Waals surface area contributed by atoms with E-state index in [1.165, 1.54) is 0 Å².